The van der Waals surface area contributed by atoms with Crippen molar-refractivity contribution in [3.63, 3.8) is 0 Å². The maximum absolute atomic E-state index is 12.9. The van der Waals surface area contributed by atoms with Crippen LogP contribution in [-0.2, 0) is 7.05 Å². The van der Waals surface area contributed by atoms with Crippen molar-refractivity contribution in [1.82, 2.24) is 24.2 Å². The van der Waals surface area contributed by atoms with Gasteiger partial charge in [0.15, 0.2) is 0 Å². The monoisotopic (exact) mass is 349 g/mol. The minimum absolute atomic E-state index is 0.0885. The van der Waals surface area contributed by atoms with Crippen LogP contribution in [0.2, 0.25) is 0 Å². The molecule has 1 fully saturated rings. The lowest BCUT2D eigenvalue weighted by atomic mass is 10.1. The summed E-state index contributed by atoms with van der Waals surface area (Å²) in [4.78, 5) is 18.9. The molecule has 6 heteroatoms. The van der Waals surface area contributed by atoms with E-state index in [0.29, 0.717) is 6.54 Å². The largest absolute Gasteiger partial charge is 0.336 e. The van der Waals surface area contributed by atoms with Gasteiger partial charge in [0.05, 0.1) is 30.0 Å². The summed E-state index contributed by atoms with van der Waals surface area (Å²) in [7, 11) is 1.96. The molecule has 0 saturated carbocycles. The van der Waals surface area contributed by atoms with Crippen LogP contribution >= 0.6 is 0 Å². The van der Waals surface area contributed by atoms with Crippen molar-refractivity contribution in [2.24, 2.45) is 7.05 Å². The smallest absolute Gasteiger partial charge is 0.253 e. The zero-order chi connectivity index (χ0) is 18.3. The Labute approximate surface area is 153 Å². The van der Waals surface area contributed by atoms with Crippen molar-refractivity contribution in [1.29, 1.82) is 0 Å². The number of amides is 1. The number of aromatic nitrogens is 4. The third-order valence-electron chi connectivity index (χ3n) is 5.09. The highest BCUT2D eigenvalue weighted by Gasteiger charge is 2.29. The Morgan fingerprint density at radius 2 is 1.96 bits per heavy atom. The van der Waals surface area contributed by atoms with E-state index in [1.807, 2.05) is 53.9 Å². The van der Waals surface area contributed by atoms with Crippen molar-refractivity contribution >= 4 is 5.91 Å². The first-order chi connectivity index (χ1) is 12.5. The van der Waals surface area contributed by atoms with Gasteiger partial charge in [0.2, 0.25) is 0 Å². The van der Waals surface area contributed by atoms with Crippen molar-refractivity contribution in [3.05, 3.63) is 59.8 Å². The fourth-order valence-corrected chi connectivity index (χ4v) is 3.74. The Balaban J connectivity index is 1.48. The fourth-order valence-electron chi connectivity index (χ4n) is 3.74. The minimum Gasteiger partial charge on any atom is -0.336 e. The van der Waals surface area contributed by atoms with Crippen molar-refractivity contribution in [2.45, 2.75) is 26.3 Å². The molecule has 0 unspecified atom stereocenters. The molecule has 0 bridgehead atoms. The first-order valence-corrected chi connectivity index (χ1v) is 8.91. The van der Waals surface area contributed by atoms with Gasteiger partial charge in [-0.05, 0) is 44.0 Å². The van der Waals surface area contributed by atoms with E-state index < -0.39 is 0 Å². The Bertz CT molecular complexity index is 938. The third-order valence-corrected chi connectivity index (χ3v) is 5.09. The highest BCUT2D eigenvalue weighted by molar-refractivity contribution is 5.94. The minimum atomic E-state index is 0.0885. The Kier molecular flexibility index (Phi) is 4.11. The number of likely N-dealkylation sites (tertiary alicyclic amines) is 1. The number of carbonyl (C=O) groups excluding carboxylic acids is 1. The summed E-state index contributed by atoms with van der Waals surface area (Å²) < 4.78 is 4.03. The van der Waals surface area contributed by atoms with E-state index in [2.05, 4.69) is 27.8 Å². The van der Waals surface area contributed by atoms with Crippen LogP contribution in [0.3, 0.4) is 0 Å². The van der Waals surface area contributed by atoms with E-state index >= 15 is 0 Å². The summed E-state index contributed by atoms with van der Waals surface area (Å²) in [5.41, 5.74) is 5.00. The van der Waals surface area contributed by atoms with Gasteiger partial charge >= 0.3 is 0 Å². The molecule has 134 valence electrons. The summed E-state index contributed by atoms with van der Waals surface area (Å²) in [5.74, 6) is 0.0885. The highest BCUT2D eigenvalue weighted by Crippen LogP contribution is 2.25. The molecule has 4 rings (SSSR count). The average Bonchev–Trinajstić information content (AvgIpc) is 3.34. The van der Waals surface area contributed by atoms with Crippen LogP contribution in [-0.4, -0.2) is 43.2 Å². The number of nitrogens with zero attached hydrogens (tertiary/aromatic N) is 5. The van der Waals surface area contributed by atoms with E-state index in [4.69, 9.17) is 0 Å². The van der Waals surface area contributed by atoms with Crippen LogP contribution in [0.25, 0.3) is 11.3 Å². The lowest BCUT2D eigenvalue weighted by Gasteiger charge is -2.17. The molecule has 3 heterocycles. The zero-order valence-corrected chi connectivity index (χ0v) is 15.4. The van der Waals surface area contributed by atoms with Gasteiger partial charge in [-0.2, -0.15) is 5.10 Å². The molecule has 1 aliphatic heterocycles. The molecule has 1 aliphatic rings. The summed E-state index contributed by atoms with van der Waals surface area (Å²) >= 11 is 0. The van der Waals surface area contributed by atoms with E-state index in [-0.39, 0.29) is 11.9 Å². The summed E-state index contributed by atoms with van der Waals surface area (Å²) in [6.07, 6.45) is 4.55. The van der Waals surface area contributed by atoms with Crippen LogP contribution in [0, 0.1) is 13.8 Å². The molecule has 26 heavy (non-hydrogen) atoms. The SMILES string of the molecule is Cc1cc(C)n([C@H]2CCN(C(=O)c3ccc(-c4cncn4C)cc3)C2)n1. The quantitative estimate of drug-likeness (QED) is 0.730. The van der Waals surface area contributed by atoms with E-state index in [1.165, 1.54) is 0 Å². The summed E-state index contributed by atoms with van der Waals surface area (Å²) in [6, 6.07) is 10.1. The van der Waals surface area contributed by atoms with Crippen molar-refractivity contribution in [2.75, 3.05) is 13.1 Å². The topological polar surface area (TPSA) is 56.0 Å². The maximum Gasteiger partial charge on any atom is 0.253 e. The summed E-state index contributed by atoms with van der Waals surface area (Å²) in [5, 5.41) is 4.58. The van der Waals surface area contributed by atoms with Gasteiger partial charge in [-0.3, -0.25) is 9.48 Å². The molecule has 1 atom stereocenters. The predicted molar refractivity (Wildman–Crippen MR) is 99.9 cm³/mol. The van der Waals surface area contributed by atoms with E-state index in [9.17, 15) is 4.79 Å². The van der Waals surface area contributed by atoms with Gasteiger partial charge in [0.25, 0.3) is 5.91 Å². The molecule has 1 amide bonds. The average molecular weight is 349 g/mol. The number of aryl methyl sites for hydroxylation is 3. The molecular formula is C20H23N5O. The molecule has 1 aromatic carbocycles. The van der Waals surface area contributed by atoms with Crippen LogP contribution in [0.4, 0.5) is 0 Å². The second-order valence-electron chi connectivity index (χ2n) is 7.03. The molecule has 0 radical (unpaired) electrons. The first-order valence-electron chi connectivity index (χ1n) is 8.91. The summed E-state index contributed by atoms with van der Waals surface area (Å²) in [6.45, 7) is 5.56. The molecule has 2 aromatic heterocycles. The predicted octanol–water partition coefficient (Wildman–Crippen LogP) is 2.99. The Morgan fingerprint density at radius 1 is 1.19 bits per heavy atom. The highest BCUT2D eigenvalue weighted by atomic mass is 16.2. The lowest BCUT2D eigenvalue weighted by molar-refractivity contribution is 0.0787. The lowest BCUT2D eigenvalue weighted by Crippen LogP contribution is -2.29. The van der Waals surface area contributed by atoms with Gasteiger partial charge in [0, 0.05) is 31.4 Å². The number of hydrogen-bond donors (Lipinski definition) is 0. The Hall–Kier alpha value is -2.89. The van der Waals surface area contributed by atoms with Gasteiger partial charge < -0.3 is 9.47 Å². The number of hydrogen-bond acceptors (Lipinski definition) is 3. The zero-order valence-electron chi connectivity index (χ0n) is 15.4. The standard InChI is InChI=1S/C20H23N5O/c1-14-10-15(2)25(22-14)18-8-9-24(12-18)20(26)17-6-4-16(5-7-17)19-11-21-13-23(19)3/h4-7,10-11,13,18H,8-9,12H2,1-3H3/t18-/m0/s1. The Morgan fingerprint density at radius 3 is 2.58 bits per heavy atom. The molecule has 0 N–H and O–H groups in total. The van der Waals surface area contributed by atoms with E-state index in [0.717, 1.165) is 41.2 Å². The molecule has 0 spiro atoms. The maximum atomic E-state index is 12.9. The van der Waals surface area contributed by atoms with Crippen LogP contribution in [0.1, 0.15) is 34.2 Å². The molecule has 0 aliphatic carbocycles. The second kappa shape index (κ2) is 6.44. The number of carbonyl (C=O) groups is 1. The molecule has 1 saturated heterocycles. The fraction of sp³-hybridized carbons (Fsp3) is 0.350. The molecule has 3 aromatic rings. The third kappa shape index (κ3) is 2.92. The molecular weight excluding hydrogens is 326 g/mol. The van der Waals surface area contributed by atoms with Gasteiger partial charge in [-0.15, -0.1) is 0 Å². The number of benzene rings is 1. The number of rotatable bonds is 3. The van der Waals surface area contributed by atoms with E-state index in [1.54, 1.807) is 6.33 Å². The molecule has 6 nitrogen and oxygen atoms in total. The van der Waals surface area contributed by atoms with Crippen molar-refractivity contribution < 1.29 is 4.79 Å². The second-order valence-corrected chi connectivity index (χ2v) is 7.03. The van der Waals surface area contributed by atoms with Gasteiger partial charge in [-0.25, -0.2) is 4.98 Å². The van der Waals surface area contributed by atoms with Crippen molar-refractivity contribution in [3.8, 4) is 11.3 Å². The number of imidazole rings is 1. The first kappa shape index (κ1) is 16.6. The van der Waals surface area contributed by atoms with Crippen LogP contribution in [0.5, 0.6) is 0 Å². The normalized spacial score (nSPS) is 17.0. The van der Waals surface area contributed by atoms with Crippen LogP contribution < -0.4 is 0 Å². The van der Waals surface area contributed by atoms with Gasteiger partial charge in [0.1, 0.15) is 0 Å². The van der Waals surface area contributed by atoms with Crippen LogP contribution in [0.15, 0.2) is 42.9 Å². The van der Waals surface area contributed by atoms with Gasteiger partial charge in [-0.1, -0.05) is 12.1 Å².